The van der Waals surface area contributed by atoms with E-state index in [9.17, 15) is 9.90 Å². The lowest BCUT2D eigenvalue weighted by Gasteiger charge is -2.27. The minimum absolute atomic E-state index is 0.112. The molecular weight excluding hydrogens is 424 g/mol. The Hall–Kier alpha value is -3.93. The lowest BCUT2D eigenvalue weighted by molar-refractivity contribution is 0.0730. The van der Waals surface area contributed by atoms with Gasteiger partial charge in [-0.25, -0.2) is 0 Å². The molecule has 0 bridgehead atoms. The van der Waals surface area contributed by atoms with Gasteiger partial charge in [-0.05, 0) is 59.7 Å². The number of phenolic OH excluding ortho intramolecular Hbond substituents is 1. The number of benzene rings is 2. The van der Waals surface area contributed by atoms with Gasteiger partial charge in [-0.3, -0.25) is 14.9 Å². The average molecular weight is 453 g/mol. The molecule has 0 radical (unpaired) electrons. The van der Waals surface area contributed by atoms with Crippen LogP contribution in [-0.2, 0) is 6.54 Å². The summed E-state index contributed by atoms with van der Waals surface area (Å²) in [4.78, 5) is 19.7. The van der Waals surface area contributed by atoms with E-state index in [0.717, 1.165) is 27.8 Å². The van der Waals surface area contributed by atoms with Crippen molar-refractivity contribution < 1.29 is 9.90 Å². The van der Waals surface area contributed by atoms with Gasteiger partial charge in [0.1, 0.15) is 17.1 Å². The molecule has 4 aromatic rings. The highest BCUT2D eigenvalue weighted by atomic mass is 16.3. The Morgan fingerprint density at radius 2 is 1.88 bits per heavy atom. The lowest BCUT2D eigenvalue weighted by Crippen LogP contribution is -2.29. The van der Waals surface area contributed by atoms with Crippen molar-refractivity contribution in [3.05, 3.63) is 100.0 Å². The van der Waals surface area contributed by atoms with Crippen molar-refractivity contribution in [1.82, 2.24) is 20.1 Å². The number of fused-ring (bicyclic) bond motifs is 1. The number of nitrogens with one attached hydrogen (secondary N) is 1. The van der Waals surface area contributed by atoms with Crippen molar-refractivity contribution in [2.75, 3.05) is 0 Å². The maximum atomic E-state index is 13.6. The first-order valence-electron chi connectivity index (χ1n) is 11.5. The van der Waals surface area contributed by atoms with Crippen molar-refractivity contribution in [3.63, 3.8) is 0 Å². The molecule has 1 amide bonds. The van der Waals surface area contributed by atoms with Crippen LogP contribution in [0, 0.1) is 13.8 Å². The number of nitrogens with zero attached hydrogens (tertiary/aromatic N) is 3. The Balaban J connectivity index is 1.68. The highest BCUT2D eigenvalue weighted by Crippen LogP contribution is 2.45. The third-order valence-corrected chi connectivity index (χ3v) is 6.56. The number of hydrogen-bond acceptors (Lipinski definition) is 4. The van der Waals surface area contributed by atoms with Gasteiger partial charge in [0.05, 0.1) is 6.04 Å². The zero-order valence-corrected chi connectivity index (χ0v) is 19.8. The normalized spacial score (nSPS) is 15.3. The van der Waals surface area contributed by atoms with Gasteiger partial charge in [-0.2, -0.15) is 5.10 Å². The maximum Gasteiger partial charge on any atom is 0.273 e. The fraction of sp³-hybridized carbons (Fsp3) is 0.250. The highest BCUT2D eigenvalue weighted by Gasteiger charge is 2.42. The zero-order valence-electron chi connectivity index (χ0n) is 19.8. The summed E-state index contributed by atoms with van der Waals surface area (Å²) >= 11 is 0. The van der Waals surface area contributed by atoms with E-state index in [-0.39, 0.29) is 17.7 Å². The Bertz CT molecular complexity index is 1360. The number of aromatic amines is 1. The predicted molar refractivity (Wildman–Crippen MR) is 132 cm³/mol. The summed E-state index contributed by atoms with van der Waals surface area (Å²) in [5.74, 6) is 0.490. The molecule has 1 aliphatic heterocycles. The summed E-state index contributed by atoms with van der Waals surface area (Å²) in [5, 5.41) is 18.4. The first kappa shape index (κ1) is 21.9. The van der Waals surface area contributed by atoms with Gasteiger partial charge < -0.3 is 10.0 Å². The number of phenols is 1. The fourth-order valence-corrected chi connectivity index (χ4v) is 4.80. The molecule has 0 spiro atoms. The summed E-state index contributed by atoms with van der Waals surface area (Å²) < 4.78 is 0. The summed E-state index contributed by atoms with van der Waals surface area (Å²) in [6.45, 7) is 8.62. The van der Waals surface area contributed by atoms with E-state index in [1.165, 1.54) is 5.56 Å². The van der Waals surface area contributed by atoms with Crippen LogP contribution in [-0.4, -0.2) is 31.1 Å². The van der Waals surface area contributed by atoms with Gasteiger partial charge in [0.2, 0.25) is 0 Å². The topological polar surface area (TPSA) is 82.1 Å². The van der Waals surface area contributed by atoms with Crippen LogP contribution in [0.1, 0.15) is 69.7 Å². The number of aryl methyl sites for hydroxylation is 2. The summed E-state index contributed by atoms with van der Waals surface area (Å²) in [6.07, 6.45) is 3.51. The van der Waals surface area contributed by atoms with Gasteiger partial charge in [0.15, 0.2) is 0 Å². The van der Waals surface area contributed by atoms with Crippen LogP contribution >= 0.6 is 0 Å². The second-order valence-electron chi connectivity index (χ2n) is 9.36. The van der Waals surface area contributed by atoms with E-state index in [4.69, 9.17) is 0 Å². The molecule has 2 aromatic heterocycles. The van der Waals surface area contributed by atoms with Crippen molar-refractivity contribution in [3.8, 4) is 17.0 Å². The number of rotatable bonds is 5. The SMILES string of the molecule is Cc1cc(C)c(O)c(-c2n[nH]c3c2C(c2ccc(C(C)C)cc2)N(Cc2cccnc2)C3=O)c1. The van der Waals surface area contributed by atoms with E-state index in [1.54, 1.807) is 12.4 Å². The molecule has 0 saturated carbocycles. The van der Waals surface area contributed by atoms with Crippen LogP contribution in [0.3, 0.4) is 0 Å². The molecule has 3 heterocycles. The molecule has 1 unspecified atom stereocenters. The molecule has 1 aliphatic rings. The Morgan fingerprint density at radius 3 is 2.56 bits per heavy atom. The first-order valence-corrected chi connectivity index (χ1v) is 11.5. The summed E-state index contributed by atoms with van der Waals surface area (Å²) in [6, 6.07) is 15.8. The summed E-state index contributed by atoms with van der Waals surface area (Å²) in [5.41, 5.74) is 7.51. The molecule has 0 aliphatic carbocycles. The number of aromatic hydroxyl groups is 1. The van der Waals surface area contributed by atoms with E-state index < -0.39 is 0 Å². The minimum Gasteiger partial charge on any atom is -0.507 e. The number of pyridine rings is 1. The zero-order chi connectivity index (χ0) is 24.0. The molecule has 0 saturated heterocycles. The number of hydrogen-bond donors (Lipinski definition) is 2. The molecule has 6 heteroatoms. The van der Waals surface area contributed by atoms with Crippen LogP contribution in [0.4, 0.5) is 0 Å². The lowest BCUT2D eigenvalue weighted by atomic mass is 9.92. The van der Waals surface area contributed by atoms with Gasteiger partial charge in [0, 0.05) is 30.1 Å². The van der Waals surface area contributed by atoms with Crippen molar-refractivity contribution in [2.45, 2.75) is 46.2 Å². The molecular formula is C28H28N4O2. The quantitative estimate of drug-likeness (QED) is 0.409. The molecule has 34 heavy (non-hydrogen) atoms. The Kier molecular flexibility index (Phi) is 5.44. The van der Waals surface area contributed by atoms with Gasteiger partial charge in [-0.1, -0.05) is 50.2 Å². The molecule has 0 fully saturated rings. The second kappa shape index (κ2) is 8.45. The van der Waals surface area contributed by atoms with Crippen LogP contribution in [0.5, 0.6) is 5.75 Å². The number of amides is 1. The van der Waals surface area contributed by atoms with Gasteiger partial charge >= 0.3 is 0 Å². The maximum absolute atomic E-state index is 13.6. The van der Waals surface area contributed by atoms with Crippen molar-refractivity contribution in [1.29, 1.82) is 0 Å². The smallest absolute Gasteiger partial charge is 0.273 e. The Labute approximate surface area is 199 Å². The molecule has 2 aromatic carbocycles. The molecule has 5 rings (SSSR count). The van der Waals surface area contributed by atoms with Crippen LogP contribution < -0.4 is 0 Å². The third-order valence-electron chi connectivity index (χ3n) is 6.56. The van der Waals surface area contributed by atoms with E-state index in [1.807, 2.05) is 43.0 Å². The van der Waals surface area contributed by atoms with E-state index in [0.29, 0.717) is 29.4 Å². The second-order valence-corrected chi connectivity index (χ2v) is 9.36. The molecule has 2 N–H and O–H groups in total. The van der Waals surface area contributed by atoms with E-state index in [2.05, 4.69) is 53.3 Å². The number of H-pyrrole nitrogens is 1. The molecule has 1 atom stereocenters. The summed E-state index contributed by atoms with van der Waals surface area (Å²) in [7, 11) is 0. The van der Waals surface area contributed by atoms with Gasteiger partial charge in [-0.15, -0.1) is 0 Å². The highest BCUT2D eigenvalue weighted by molar-refractivity contribution is 6.00. The largest absolute Gasteiger partial charge is 0.507 e. The third kappa shape index (κ3) is 3.65. The molecule has 6 nitrogen and oxygen atoms in total. The minimum atomic E-state index is -0.335. The van der Waals surface area contributed by atoms with Gasteiger partial charge in [0.25, 0.3) is 5.91 Å². The van der Waals surface area contributed by atoms with Crippen molar-refractivity contribution in [2.24, 2.45) is 0 Å². The van der Waals surface area contributed by atoms with Crippen LogP contribution in [0.25, 0.3) is 11.3 Å². The first-order chi connectivity index (χ1) is 16.3. The van der Waals surface area contributed by atoms with Crippen LogP contribution in [0.2, 0.25) is 0 Å². The number of carbonyl (C=O) groups is 1. The predicted octanol–water partition coefficient (Wildman–Crippen LogP) is 5.66. The Morgan fingerprint density at radius 1 is 1.12 bits per heavy atom. The van der Waals surface area contributed by atoms with E-state index >= 15 is 0 Å². The standard InChI is InChI=1S/C28H28N4O2/c1-16(2)20-7-9-21(10-8-20)26-23-24(22-13-17(3)12-18(4)27(22)33)30-31-25(23)28(34)32(26)15-19-6-5-11-29-14-19/h5-14,16,26,33H,15H2,1-4H3,(H,30,31). The van der Waals surface area contributed by atoms with Crippen LogP contribution in [0.15, 0.2) is 60.9 Å². The number of aromatic nitrogens is 3. The molecule has 172 valence electrons. The number of carbonyl (C=O) groups excluding carboxylic acids is 1. The van der Waals surface area contributed by atoms with Crippen molar-refractivity contribution >= 4 is 5.91 Å². The fourth-order valence-electron chi connectivity index (χ4n) is 4.80. The average Bonchev–Trinajstić information content (AvgIpc) is 3.36. The monoisotopic (exact) mass is 452 g/mol.